The molecule has 0 aromatic carbocycles. The monoisotopic (exact) mass is 290 g/mol. The summed E-state index contributed by atoms with van der Waals surface area (Å²) < 4.78 is 7.24. The normalized spacial score (nSPS) is 18.8. The molecule has 112 valence electrons. The van der Waals surface area contributed by atoms with E-state index >= 15 is 0 Å². The van der Waals surface area contributed by atoms with Gasteiger partial charge in [0.05, 0.1) is 12.7 Å². The predicted octanol–water partition coefficient (Wildman–Crippen LogP) is -0.0419. The molecule has 0 aliphatic carbocycles. The molecule has 2 aromatic rings. The number of hydrazine groups is 1. The number of anilines is 2. The second-order valence-electron chi connectivity index (χ2n) is 4.70. The maximum atomic E-state index is 5.67. The number of morpholine rings is 1. The highest BCUT2D eigenvalue weighted by molar-refractivity contribution is 5.39. The Balaban J connectivity index is 1.92. The molecule has 0 spiro atoms. The van der Waals surface area contributed by atoms with Crippen molar-refractivity contribution in [1.29, 1.82) is 0 Å². The van der Waals surface area contributed by atoms with Gasteiger partial charge < -0.3 is 9.64 Å². The first-order chi connectivity index (χ1) is 10.3. The number of nitrogen functional groups attached to an aromatic ring is 1. The van der Waals surface area contributed by atoms with Gasteiger partial charge in [0, 0.05) is 25.5 Å². The van der Waals surface area contributed by atoms with Gasteiger partial charge in [0.25, 0.3) is 5.95 Å². The zero-order valence-corrected chi connectivity index (χ0v) is 11.8. The summed E-state index contributed by atoms with van der Waals surface area (Å²) in [5.41, 5.74) is 2.47. The van der Waals surface area contributed by atoms with Crippen LogP contribution in [0.3, 0.4) is 0 Å². The Hall–Kier alpha value is -2.26. The number of ether oxygens (including phenoxy) is 1. The lowest BCUT2D eigenvalue weighted by atomic mass is 10.2. The minimum absolute atomic E-state index is 0.193. The second kappa shape index (κ2) is 6.02. The summed E-state index contributed by atoms with van der Waals surface area (Å²) in [6, 6.07) is 1.81. The molecule has 1 fully saturated rings. The summed E-state index contributed by atoms with van der Waals surface area (Å²) in [4.78, 5) is 15.1. The fourth-order valence-corrected chi connectivity index (χ4v) is 2.20. The van der Waals surface area contributed by atoms with Crippen molar-refractivity contribution in [3.8, 4) is 5.95 Å². The molecule has 1 unspecified atom stereocenters. The molecule has 1 atom stereocenters. The van der Waals surface area contributed by atoms with E-state index in [1.807, 2.05) is 0 Å². The summed E-state index contributed by atoms with van der Waals surface area (Å²) in [6.07, 6.45) is 4.59. The van der Waals surface area contributed by atoms with E-state index in [1.165, 1.54) is 0 Å². The Morgan fingerprint density at radius 1 is 1.38 bits per heavy atom. The molecule has 0 radical (unpaired) electrons. The van der Waals surface area contributed by atoms with Crippen LogP contribution in [0, 0.1) is 0 Å². The summed E-state index contributed by atoms with van der Waals surface area (Å²) in [7, 11) is 0. The van der Waals surface area contributed by atoms with Gasteiger partial charge in [-0.1, -0.05) is 6.92 Å². The largest absolute Gasteiger partial charge is 0.375 e. The average Bonchev–Trinajstić information content (AvgIpc) is 3.09. The second-order valence-corrected chi connectivity index (χ2v) is 4.70. The van der Waals surface area contributed by atoms with Crippen LogP contribution in [0.4, 0.5) is 11.9 Å². The summed E-state index contributed by atoms with van der Waals surface area (Å²) in [6.45, 7) is 4.25. The van der Waals surface area contributed by atoms with Crippen LogP contribution in [0.15, 0.2) is 18.5 Å². The van der Waals surface area contributed by atoms with Gasteiger partial charge in [-0.3, -0.25) is 5.43 Å². The van der Waals surface area contributed by atoms with Gasteiger partial charge >= 0.3 is 0 Å². The predicted molar refractivity (Wildman–Crippen MR) is 77.0 cm³/mol. The van der Waals surface area contributed by atoms with Gasteiger partial charge in [-0.15, -0.1) is 0 Å². The molecule has 1 saturated heterocycles. The number of aromatic nitrogens is 5. The van der Waals surface area contributed by atoms with Crippen LogP contribution in [-0.4, -0.2) is 50.5 Å². The number of nitrogens with two attached hydrogens (primary N) is 1. The smallest absolute Gasteiger partial charge is 0.257 e. The molecule has 0 saturated carbocycles. The molecule has 2 aromatic heterocycles. The Labute approximate surface area is 122 Å². The lowest BCUT2D eigenvalue weighted by Gasteiger charge is -2.32. The molecule has 0 bridgehead atoms. The maximum absolute atomic E-state index is 5.67. The third kappa shape index (κ3) is 2.93. The Kier molecular flexibility index (Phi) is 3.93. The van der Waals surface area contributed by atoms with Crippen molar-refractivity contribution in [3.05, 3.63) is 18.5 Å². The number of nitrogens with one attached hydrogen (secondary N) is 1. The summed E-state index contributed by atoms with van der Waals surface area (Å²) >= 11 is 0. The van der Waals surface area contributed by atoms with Crippen LogP contribution in [0.5, 0.6) is 0 Å². The molecular weight excluding hydrogens is 272 g/mol. The molecule has 1 aliphatic heterocycles. The molecule has 9 nitrogen and oxygen atoms in total. The van der Waals surface area contributed by atoms with E-state index in [2.05, 4.69) is 37.3 Å². The maximum Gasteiger partial charge on any atom is 0.257 e. The lowest BCUT2D eigenvalue weighted by molar-refractivity contribution is 0.0378. The SMILES string of the molecule is CCC1CN(c2nc(NN)nc(-n3cccn3)n2)CCO1. The number of rotatable bonds is 4. The molecule has 21 heavy (non-hydrogen) atoms. The molecule has 3 heterocycles. The first-order valence-corrected chi connectivity index (χ1v) is 6.89. The zero-order valence-electron chi connectivity index (χ0n) is 11.8. The van der Waals surface area contributed by atoms with Gasteiger partial charge in [0.15, 0.2) is 0 Å². The van der Waals surface area contributed by atoms with Gasteiger partial charge in [-0.25, -0.2) is 10.5 Å². The van der Waals surface area contributed by atoms with Gasteiger partial charge in [-0.2, -0.15) is 20.1 Å². The number of hydrogen-bond donors (Lipinski definition) is 2. The summed E-state index contributed by atoms with van der Waals surface area (Å²) in [5, 5.41) is 4.13. The zero-order chi connectivity index (χ0) is 14.7. The van der Waals surface area contributed by atoms with Crippen molar-refractivity contribution in [3.63, 3.8) is 0 Å². The van der Waals surface area contributed by atoms with E-state index in [0.29, 0.717) is 24.5 Å². The quantitative estimate of drug-likeness (QED) is 0.596. The third-order valence-corrected chi connectivity index (χ3v) is 3.33. The molecule has 1 aliphatic rings. The van der Waals surface area contributed by atoms with E-state index < -0.39 is 0 Å². The van der Waals surface area contributed by atoms with E-state index in [1.54, 1.807) is 23.1 Å². The number of nitrogens with zero attached hydrogens (tertiary/aromatic N) is 6. The molecule has 9 heteroatoms. The summed E-state index contributed by atoms with van der Waals surface area (Å²) in [5.74, 6) is 6.76. The van der Waals surface area contributed by atoms with Crippen LogP contribution in [-0.2, 0) is 4.74 Å². The van der Waals surface area contributed by atoms with Gasteiger partial charge in [0.1, 0.15) is 0 Å². The van der Waals surface area contributed by atoms with Crippen LogP contribution < -0.4 is 16.2 Å². The standard InChI is InChI=1S/C12H18N8O/c1-2-9-8-19(6-7-21-9)11-15-10(18-13)16-12(17-11)20-5-3-4-14-20/h3-5,9H,2,6-8,13H2,1H3,(H,15,16,17,18). The Bertz CT molecular complexity index is 587. The van der Waals surface area contributed by atoms with Gasteiger partial charge in [0.2, 0.25) is 11.9 Å². The third-order valence-electron chi connectivity index (χ3n) is 3.33. The molecule has 3 rings (SSSR count). The lowest BCUT2D eigenvalue weighted by Crippen LogP contribution is -2.43. The highest BCUT2D eigenvalue weighted by Gasteiger charge is 2.22. The van der Waals surface area contributed by atoms with Crippen LogP contribution in [0.1, 0.15) is 13.3 Å². The van der Waals surface area contributed by atoms with E-state index in [0.717, 1.165) is 19.5 Å². The van der Waals surface area contributed by atoms with E-state index in [9.17, 15) is 0 Å². The Morgan fingerprint density at radius 2 is 2.24 bits per heavy atom. The average molecular weight is 290 g/mol. The van der Waals surface area contributed by atoms with E-state index in [-0.39, 0.29) is 6.10 Å². The fraction of sp³-hybridized carbons (Fsp3) is 0.500. The first kappa shape index (κ1) is 13.7. The van der Waals surface area contributed by atoms with Crippen molar-refractivity contribution in [2.45, 2.75) is 19.4 Å². The van der Waals surface area contributed by atoms with Crippen molar-refractivity contribution >= 4 is 11.9 Å². The minimum atomic E-state index is 0.193. The number of hydrogen-bond acceptors (Lipinski definition) is 8. The van der Waals surface area contributed by atoms with Crippen molar-refractivity contribution in [1.82, 2.24) is 24.7 Å². The molecule has 0 amide bonds. The van der Waals surface area contributed by atoms with Crippen LogP contribution in [0.2, 0.25) is 0 Å². The Morgan fingerprint density at radius 3 is 2.95 bits per heavy atom. The molecule has 3 N–H and O–H groups in total. The first-order valence-electron chi connectivity index (χ1n) is 6.89. The highest BCUT2D eigenvalue weighted by atomic mass is 16.5. The highest BCUT2D eigenvalue weighted by Crippen LogP contribution is 2.17. The van der Waals surface area contributed by atoms with Crippen molar-refractivity contribution in [2.24, 2.45) is 5.84 Å². The minimum Gasteiger partial charge on any atom is -0.375 e. The van der Waals surface area contributed by atoms with Gasteiger partial charge in [-0.05, 0) is 12.5 Å². The van der Waals surface area contributed by atoms with Crippen LogP contribution >= 0.6 is 0 Å². The van der Waals surface area contributed by atoms with E-state index in [4.69, 9.17) is 10.6 Å². The topological polar surface area (TPSA) is 107 Å². The van der Waals surface area contributed by atoms with Crippen molar-refractivity contribution in [2.75, 3.05) is 30.0 Å². The molecular formula is C12H18N8O. The van der Waals surface area contributed by atoms with Crippen molar-refractivity contribution < 1.29 is 4.74 Å². The fourth-order valence-electron chi connectivity index (χ4n) is 2.20. The van der Waals surface area contributed by atoms with Crippen LogP contribution in [0.25, 0.3) is 5.95 Å².